The molecule has 0 aliphatic carbocycles. The van der Waals surface area contributed by atoms with E-state index in [9.17, 15) is 40.7 Å². The molecule has 40 heavy (non-hydrogen) atoms. The number of hydrogen-bond donors (Lipinski definition) is 2. The lowest BCUT2D eigenvalue weighted by molar-refractivity contribution is -0.242. The highest BCUT2D eigenvalue weighted by Crippen LogP contribution is 2.41. The van der Waals surface area contributed by atoms with Crippen molar-refractivity contribution in [1.82, 2.24) is 0 Å². The van der Waals surface area contributed by atoms with E-state index in [2.05, 4.69) is 10.1 Å². The number of nitrogens with zero attached hydrogens (tertiary/aromatic N) is 1. The Morgan fingerprint density at radius 2 is 1.88 bits per heavy atom. The van der Waals surface area contributed by atoms with Gasteiger partial charge in [0.1, 0.15) is 11.9 Å². The number of benzene rings is 2. The van der Waals surface area contributed by atoms with Crippen LogP contribution in [0.15, 0.2) is 41.3 Å². The Morgan fingerprint density at radius 3 is 2.45 bits per heavy atom. The number of rotatable bonds is 9. The minimum Gasteiger partial charge on any atom is -0.494 e. The minimum absolute atomic E-state index is 0.00341. The fourth-order valence-electron chi connectivity index (χ4n) is 3.86. The van der Waals surface area contributed by atoms with E-state index < -0.39 is 51.7 Å². The number of carboxylic acids is 1. The summed E-state index contributed by atoms with van der Waals surface area (Å²) in [6, 6.07) is 6.57. The number of carbonyl (C=O) groups excluding carboxylic acids is 1. The van der Waals surface area contributed by atoms with Crippen molar-refractivity contribution in [3.8, 4) is 11.5 Å². The number of alkyl halides is 3. The highest BCUT2D eigenvalue weighted by atomic mass is 32.2. The van der Waals surface area contributed by atoms with Crippen LogP contribution in [0.5, 0.6) is 11.5 Å². The first-order chi connectivity index (χ1) is 18.5. The number of halogens is 4. The van der Waals surface area contributed by atoms with Crippen LogP contribution in [0.25, 0.3) is 0 Å². The van der Waals surface area contributed by atoms with E-state index in [4.69, 9.17) is 9.47 Å². The van der Waals surface area contributed by atoms with E-state index in [0.717, 1.165) is 35.7 Å². The van der Waals surface area contributed by atoms with Crippen LogP contribution < -0.4 is 19.1 Å². The molecule has 2 N–H and O–H groups in total. The predicted octanol–water partition coefficient (Wildman–Crippen LogP) is 5.18. The Bertz CT molecular complexity index is 1380. The summed E-state index contributed by atoms with van der Waals surface area (Å²) < 4.78 is 97.0. The third-order valence-electron chi connectivity index (χ3n) is 6.27. The summed E-state index contributed by atoms with van der Waals surface area (Å²) in [6.45, 7) is 2.64. The molecule has 10 nitrogen and oxygen atoms in total. The fourth-order valence-corrected chi connectivity index (χ4v) is 5.37. The molecule has 2 atom stereocenters. The monoisotopic (exact) mass is 592 g/mol. The first-order valence-corrected chi connectivity index (χ1v) is 13.4. The molecule has 2 aromatic carbocycles. The van der Waals surface area contributed by atoms with Gasteiger partial charge in [-0.15, -0.1) is 0 Å². The van der Waals surface area contributed by atoms with Crippen LogP contribution in [0.4, 0.5) is 33.7 Å². The standard InChI is InChI=1S/C25H28F4N2O8S/c1-5-14(22(32)33)10-16-13-31(40(35,36)17-7-8-18(26)21(12-17)37-4)19-11-15(6-9-20(19)38-16)30-23(34)39-24(2,3)25(27,28)29/h6-9,11-12,14,16H,5,10,13H2,1-4H3,(H,30,34)(H,32,33)/t14-,16-/m0/s1. The molecule has 15 heteroatoms. The van der Waals surface area contributed by atoms with Gasteiger partial charge in [-0.3, -0.25) is 14.4 Å². The van der Waals surface area contributed by atoms with Gasteiger partial charge in [-0.2, -0.15) is 13.2 Å². The van der Waals surface area contributed by atoms with Crippen molar-refractivity contribution in [2.75, 3.05) is 23.3 Å². The molecule has 3 rings (SSSR count). The van der Waals surface area contributed by atoms with Gasteiger partial charge < -0.3 is 19.3 Å². The normalized spacial score (nSPS) is 16.4. The van der Waals surface area contributed by atoms with Crippen molar-refractivity contribution < 1.29 is 54.9 Å². The lowest BCUT2D eigenvalue weighted by Gasteiger charge is -2.36. The summed E-state index contributed by atoms with van der Waals surface area (Å²) in [5.74, 6) is -3.07. The Labute approximate surface area is 227 Å². The maximum absolute atomic E-state index is 14.0. The quantitative estimate of drug-likeness (QED) is 0.381. The van der Waals surface area contributed by atoms with Crippen molar-refractivity contribution in [2.45, 2.75) is 56.4 Å². The molecule has 0 aromatic heterocycles. The van der Waals surface area contributed by atoms with Crippen LogP contribution in [-0.4, -0.2) is 57.1 Å². The Morgan fingerprint density at radius 1 is 1.20 bits per heavy atom. The molecule has 0 bridgehead atoms. The molecule has 0 unspecified atom stereocenters. The third kappa shape index (κ3) is 6.51. The highest BCUT2D eigenvalue weighted by molar-refractivity contribution is 7.92. The molecule has 0 radical (unpaired) electrons. The molecule has 0 saturated heterocycles. The van der Waals surface area contributed by atoms with Crippen molar-refractivity contribution >= 4 is 33.5 Å². The number of ether oxygens (including phenoxy) is 3. The maximum atomic E-state index is 14.0. The number of nitrogens with one attached hydrogen (secondary N) is 1. The minimum atomic E-state index is -4.85. The lowest BCUT2D eigenvalue weighted by Crippen LogP contribution is -2.45. The zero-order valence-corrected chi connectivity index (χ0v) is 22.7. The van der Waals surface area contributed by atoms with Crippen LogP contribution in [-0.2, 0) is 19.6 Å². The van der Waals surface area contributed by atoms with Crippen molar-refractivity contribution in [3.63, 3.8) is 0 Å². The van der Waals surface area contributed by atoms with Crippen LogP contribution in [0.1, 0.15) is 33.6 Å². The average Bonchev–Trinajstić information content (AvgIpc) is 2.85. The van der Waals surface area contributed by atoms with Crippen molar-refractivity contribution in [1.29, 1.82) is 0 Å². The molecule has 0 fully saturated rings. The number of amides is 1. The van der Waals surface area contributed by atoms with E-state index >= 15 is 0 Å². The summed E-state index contributed by atoms with van der Waals surface area (Å²) in [6.07, 6.45) is -6.98. The molecular weight excluding hydrogens is 564 g/mol. The molecule has 1 aliphatic heterocycles. The van der Waals surface area contributed by atoms with Gasteiger partial charge in [0.2, 0.25) is 5.60 Å². The van der Waals surface area contributed by atoms with Crippen molar-refractivity contribution in [3.05, 3.63) is 42.2 Å². The van der Waals surface area contributed by atoms with Gasteiger partial charge in [0, 0.05) is 11.8 Å². The van der Waals surface area contributed by atoms with Gasteiger partial charge in [-0.05, 0) is 57.0 Å². The van der Waals surface area contributed by atoms with Crippen LogP contribution in [0, 0.1) is 11.7 Å². The van der Waals surface area contributed by atoms with Gasteiger partial charge in [0.25, 0.3) is 10.0 Å². The SMILES string of the molecule is CC[C@@H](C[C@H]1CN(S(=O)(=O)c2ccc(F)c(OC)c2)c2cc(NC(=O)OC(C)(C)C(F)(F)F)ccc2O1)C(=O)O. The lowest BCUT2D eigenvalue weighted by atomic mass is 9.98. The van der Waals surface area contributed by atoms with E-state index in [1.807, 2.05) is 0 Å². The molecule has 2 aromatic rings. The second kappa shape index (κ2) is 11.4. The van der Waals surface area contributed by atoms with Gasteiger partial charge in [0.15, 0.2) is 11.6 Å². The molecule has 220 valence electrons. The summed E-state index contributed by atoms with van der Waals surface area (Å²) >= 11 is 0. The molecule has 0 saturated carbocycles. The van der Waals surface area contributed by atoms with Gasteiger partial charge >= 0.3 is 18.2 Å². The molecule has 1 heterocycles. The number of fused-ring (bicyclic) bond motifs is 1. The third-order valence-corrected chi connectivity index (χ3v) is 8.04. The van der Waals surface area contributed by atoms with E-state index in [1.54, 1.807) is 6.92 Å². The summed E-state index contributed by atoms with van der Waals surface area (Å²) in [7, 11) is -3.29. The summed E-state index contributed by atoms with van der Waals surface area (Å²) in [5, 5.41) is 11.6. The number of carbonyl (C=O) groups is 2. The van der Waals surface area contributed by atoms with E-state index in [1.165, 1.54) is 12.1 Å². The smallest absolute Gasteiger partial charge is 0.427 e. The van der Waals surface area contributed by atoms with Gasteiger partial charge in [-0.25, -0.2) is 17.6 Å². The van der Waals surface area contributed by atoms with Crippen molar-refractivity contribution in [2.24, 2.45) is 5.92 Å². The zero-order chi connectivity index (χ0) is 30.0. The maximum Gasteiger partial charge on any atom is 0.427 e. The molecular formula is C25H28F4N2O8S. The summed E-state index contributed by atoms with van der Waals surface area (Å²) in [4.78, 5) is 23.5. The van der Waals surface area contributed by atoms with Crippen LogP contribution in [0.2, 0.25) is 0 Å². The molecule has 1 aliphatic rings. The highest BCUT2D eigenvalue weighted by Gasteiger charge is 2.51. The molecule has 0 spiro atoms. The second-order valence-corrected chi connectivity index (χ2v) is 11.3. The average molecular weight is 593 g/mol. The topological polar surface area (TPSA) is 131 Å². The zero-order valence-electron chi connectivity index (χ0n) is 21.9. The Balaban J connectivity index is 2.02. The number of carboxylic acid groups (broad SMARTS) is 1. The first-order valence-electron chi connectivity index (χ1n) is 12.0. The number of sulfonamides is 1. The first kappa shape index (κ1) is 30.8. The number of aliphatic carboxylic acids is 1. The van der Waals surface area contributed by atoms with Crippen LogP contribution in [0.3, 0.4) is 0 Å². The predicted molar refractivity (Wildman–Crippen MR) is 135 cm³/mol. The second-order valence-electron chi connectivity index (χ2n) is 9.46. The number of hydrogen-bond acceptors (Lipinski definition) is 7. The van der Waals surface area contributed by atoms with Crippen LogP contribution >= 0.6 is 0 Å². The largest absolute Gasteiger partial charge is 0.494 e. The number of methoxy groups -OCH3 is 1. The molecule has 1 amide bonds. The van der Waals surface area contributed by atoms with Gasteiger partial charge in [0.05, 0.1) is 30.2 Å². The van der Waals surface area contributed by atoms with E-state index in [-0.39, 0.29) is 47.2 Å². The number of anilines is 2. The fraction of sp³-hybridized carbons (Fsp3) is 0.440. The Hall–Kier alpha value is -3.75. The Kier molecular flexibility index (Phi) is 8.77. The van der Waals surface area contributed by atoms with Gasteiger partial charge in [-0.1, -0.05) is 6.92 Å². The summed E-state index contributed by atoms with van der Waals surface area (Å²) in [5.41, 5.74) is -3.02. The van der Waals surface area contributed by atoms with E-state index in [0.29, 0.717) is 13.8 Å².